The molecule has 1 fully saturated rings. The number of rotatable bonds is 5. The number of allylic oxidation sites excluding steroid dienone is 1. The van der Waals surface area contributed by atoms with Crippen LogP contribution >= 0.6 is 23.2 Å². The molecule has 18 heavy (non-hydrogen) atoms. The molecule has 3 nitrogen and oxygen atoms in total. The maximum absolute atomic E-state index is 11.5. The molecule has 0 aromatic heterocycles. The summed E-state index contributed by atoms with van der Waals surface area (Å²) in [5.41, 5.74) is -2.00. The van der Waals surface area contributed by atoms with Crippen LogP contribution in [0.4, 0.5) is 0 Å². The molecule has 1 saturated carbocycles. The van der Waals surface area contributed by atoms with Gasteiger partial charge in [-0.05, 0) is 37.5 Å². The van der Waals surface area contributed by atoms with Crippen molar-refractivity contribution < 1.29 is 14.7 Å². The van der Waals surface area contributed by atoms with Gasteiger partial charge in [0.2, 0.25) is 0 Å². The van der Waals surface area contributed by atoms with E-state index in [9.17, 15) is 14.7 Å². The molecule has 0 saturated heterocycles. The molecule has 0 bridgehead atoms. The lowest BCUT2D eigenvalue weighted by atomic mass is 9.87. The van der Waals surface area contributed by atoms with Crippen molar-refractivity contribution in [1.82, 2.24) is 0 Å². The number of hydrogen-bond donors (Lipinski definition) is 1. The number of carbonyl (C=O) groups excluding carboxylic acids is 2. The highest BCUT2D eigenvalue weighted by Gasteiger charge is 2.60. The van der Waals surface area contributed by atoms with E-state index in [0.29, 0.717) is 0 Å². The first-order chi connectivity index (χ1) is 8.03. The number of aliphatic hydroxyl groups is 1. The number of hydrogen-bond acceptors (Lipinski definition) is 3. The zero-order valence-corrected chi connectivity index (χ0v) is 12.5. The third kappa shape index (κ3) is 2.79. The highest BCUT2D eigenvalue weighted by molar-refractivity contribution is 6.55. The van der Waals surface area contributed by atoms with E-state index >= 15 is 0 Å². The smallest absolute Gasteiger partial charge is 0.180 e. The molecule has 0 heterocycles. The van der Waals surface area contributed by atoms with E-state index in [4.69, 9.17) is 23.2 Å². The fourth-order valence-electron chi connectivity index (χ4n) is 2.50. The molecule has 102 valence electrons. The van der Waals surface area contributed by atoms with Crippen LogP contribution in [0.3, 0.4) is 0 Å². The second-order valence-electron chi connectivity index (χ2n) is 5.59. The second kappa shape index (κ2) is 4.95. The summed E-state index contributed by atoms with van der Waals surface area (Å²) in [5.74, 6) is -0.940. The summed E-state index contributed by atoms with van der Waals surface area (Å²) in [4.78, 5) is 22.9. The van der Waals surface area contributed by atoms with E-state index in [1.54, 1.807) is 6.08 Å². The van der Waals surface area contributed by atoms with Crippen molar-refractivity contribution in [2.24, 2.45) is 17.3 Å². The van der Waals surface area contributed by atoms with Crippen molar-refractivity contribution in [2.45, 2.75) is 39.7 Å². The normalized spacial score (nSPS) is 25.5. The number of Topliss-reactive ketones (excluding diaryl/α,β-unsaturated/α-hetero) is 2. The van der Waals surface area contributed by atoms with Gasteiger partial charge in [0.1, 0.15) is 4.49 Å². The first kappa shape index (κ1) is 15.7. The van der Waals surface area contributed by atoms with Gasteiger partial charge in [-0.2, -0.15) is 0 Å². The first-order valence-electron chi connectivity index (χ1n) is 5.80. The molecule has 1 N–H and O–H groups in total. The highest BCUT2D eigenvalue weighted by atomic mass is 35.5. The van der Waals surface area contributed by atoms with Crippen LogP contribution in [-0.4, -0.2) is 22.3 Å². The van der Waals surface area contributed by atoms with Gasteiger partial charge in [0, 0.05) is 0 Å². The van der Waals surface area contributed by atoms with Crippen LogP contribution in [0.2, 0.25) is 0 Å². The van der Waals surface area contributed by atoms with Gasteiger partial charge < -0.3 is 5.11 Å². The predicted molar refractivity (Wildman–Crippen MR) is 71.5 cm³/mol. The first-order valence-corrected chi connectivity index (χ1v) is 6.56. The van der Waals surface area contributed by atoms with Crippen LogP contribution in [0, 0.1) is 17.3 Å². The Morgan fingerprint density at radius 2 is 1.72 bits per heavy atom. The summed E-state index contributed by atoms with van der Waals surface area (Å²) in [7, 11) is 0. The second-order valence-corrected chi connectivity index (χ2v) is 6.59. The van der Waals surface area contributed by atoms with E-state index in [1.165, 1.54) is 13.8 Å². The molecule has 1 rings (SSSR count). The molecule has 0 aromatic carbocycles. The van der Waals surface area contributed by atoms with Gasteiger partial charge in [-0.15, -0.1) is 0 Å². The van der Waals surface area contributed by atoms with E-state index in [2.05, 4.69) is 0 Å². The van der Waals surface area contributed by atoms with Gasteiger partial charge in [0.05, 0.1) is 0 Å². The molecule has 0 aliphatic heterocycles. The van der Waals surface area contributed by atoms with Crippen LogP contribution in [-0.2, 0) is 9.59 Å². The number of halogens is 2. The quantitative estimate of drug-likeness (QED) is 0.793. The SMILES string of the molecule is CC(=O)C(O)(CC1C(C=C(Cl)Cl)C1(C)C)C(C)=O. The molecular formula is C13H18Cl2O3. The third-order valence-corrected chi connectivity index (χ3v) is 4.38. The predicted octanol–water partition coefficient (Wildman–Crippen LogP) is 2.88. The third-order valence-electron chi connectivity index (χ3n) is 4.12. The Morgan fingerprint density at radius 3 is 2.06 bits per heavy atom. The Bertz CT molecular complexity index is 394. The van der Waals surface area contributed by atoms with Gasteiger partial charge in [0.25, 0.3) is 0 Å². The molecule has 1 aliphatic rings. The fourth-order valence-corrected chi connectivity index (χ4v) is 2.77. The van der Waals surface area contributed by atoms with E-state index in [-0.39, 0.29) is 28.2 Å². The average Bonchev–Trinajstić information content (AvgIpc) is 2.67. The highest BCUT2D eigenvalue weighted by Crippen LogP contribution is 2.62. The monoisotopic (exact) mass is 292 g/mol. The lowest BCUT2D eigenvalue weighted by Crippen LogP contribution is -2.44. The van der Waals surface area contributed by atoms with Gasteiger partial charge in [-0.1, -0.05) is 43.1 Å². The van der Waals surface area contributed by atoms with Crippen LogP contribution in [0.5, 0.6) is 0 Å². The van der Waals surface area contributed by atoms with Crippen molar-refractivity contribution in [1.29, 1.82) is 0 Å². The summed E-state index contributed by atoms with van der Waals surface area (Å²) in [6.45, 7) is 6.46. The molecular weight excluding hydrogens is 275 g/mol. The zero-order valence-electron chi connectivity index (χ0n) is 11.0. The zero-order chi connectivity index (χ0) is 14.3. The Morgan fingerprint density at radius 1 is 1.28 bits per heavy atom. The maximum atomic E-state index is 11.5. The van der Waals surface area contributed by atoms with Crippen LogP contribution in [0.1, 0.15) is 34.1 Å². The largest absolute Gasteiger partial charge is 0.375 e. The van der Waals surface area contributed by atoms with E-state index in [0.717, 1.165) is 0 Å². The molecule has 1 aliphatic carbocycles. The summed E-state index contributed by atoms with van der Waals surface area (Å²) in [6.07, 6.45) is 1.82. The van der Waals surface area contributed by atoms with Crippen LogP contribution < -0.4 is 0 Å². The molecule has 0 aromatic rings. The minimum absolute atomic E-state index is 0.0165. The summed E-state index contributed by atoms with van der Waals surface area (Å²) < 4.78 is 0.171. The van der Waals surface area contributed by atoms with Crippen LogP contribution in [0.25, 0.3) is 0 Å². The fraction of sp³-hybridized carbons (Fsp3) is 0.692. The molecule has 2 atom stereocenters. The van der Waals surface area contributed by atoms with Crippen molar-refractivity contribution in [3.8, 4) is 0 Å². The van der Waals surface area contributed by atoms with Crippen molar-refractivity contribution in [3.05, 3.63) is 10.6 Å². The summed E-state index contributed by atoms with van der Waals surface area (Å²) in [6, 6.07) is 0. The lowest BCUT2D eigenvalue weighted by molar-refractivity contribution is -0.149. The van der Waals surface area contributed by atoms with E-state index in [1.807, 2.05) is 13.8 Å². The van der Waals surface area contributed by atoms with Crippen molar-refractivity contribution in [3.63, 3.8) is 0 Å². The average molecular weight is 293 g/mol. The van der Waals surface area contributed by atoms with Crippen molar-refractivity contribution >= 4 is 34.8 Å². The Kier molecular flexibility index (Phi) is 4.31. The lowest BCUT2D eigenvalue weighted by Gasteiger charge is -2.22. The van der Waals surface area contributed by atoms with E-state index < -0.39 is 17.2 Å². The van der Waals surface area contributed by atoms with Gasteiger partial charge in [-0.25, -0.2) is 0 Å². The van der Waals surface area contributed by atoms with Gasteiger partial charge in [-0.3, -0.25) is 9.59 Å². The summed E-state index contributed by atoms with van der Waals surface area (Å²) >= 11 is 11.3. The molecule has 0 spiro atoms. The topological polar surface area (TPSA) is 54.4 Å². The summed E-state index contributed by atoms with van der Waals surface area (Å²) in [5, 5.41) is 10.2. The number of ketones is 2. The minimum Gasteiger partial charge on any atom is -0.375 e. The Balaban J connectivity index is 2.89. The molecule has 5 heteroatoms. The molecule has 2 unspecified atom stereocenters. The molecule has 0 radical (unpaired) electrons. The number of carbonyl (C=O) groups is 2. The van der Waals surface area contributed by atoms with Crippen LogP contribution in [0.15, 0.2) is 10.6 Å². The maximum Gasteiger partial charge on any atom is 0.180 e. The minimum atomic E-state index is -1.89. The standard InChI is InChI=1S/C13H18Cl2O3/c1-7(16)13(18,8(2)17)6-10-9(5-11(14)15)12(10,3)4/h5,9-10,18H,6H2,1-4H3. The van der Waals surface area contributed by atoms with Gasteiger partial charge >= 0.3 is 0 Å². The van der Waals surface area contributed by atoms with Crippen molar-refractivity contribution in [2.75, 3.05) is 0 Å². The Hall–Kier alpha value is -0.380. The Labute approximate surface area is 117 Å². The van der Waals surface area contributed by atoms with Gasteiger partial charge in [0.15, 0.2) is 17.2 Å². The molecule has 0 amide bonds.